The van der Waals surface area contributed by atoms with E-state index < -0.39 is 0 Å². The first-order valence-electron chi connectivity index (χ1n) is 7.48. The second kappa shape index (κ2) is 6.23. The molecule has 1 aromatic carbocycles. The van der Waals surface area contributed by atoms with E-state index in [0.29, 0.717) is 18.1 Å². The van der Waals surface area contributed by atoms with E-state index in [1.54, 1.807) is 12.1 Å². The molecule has 1 fully saturated rings. The fourth-order valence-electron chi connectivity index (χ4n) is 2.94. The molecule has 3 unspecified atom stereocenters. The third-order valence-electron chi connectivity index (χ3n) is 4.48. The van der Waals surface area contributed by atoms with E-state index >= 15 is 0 Å². The molecule has 112 valence electrons. The number of hydrogen-bond donors (Lipinski definition) is 1. The zero-order chi connectivity index (χ0) is 14.8. The van der Waals surface area contributed by atoms with Crippen LogP contribution >= 0.6 is 0 Å². The van der Waals surface area contributed by atoms with Crippen molar-refractivity contribution in [1.29, 1.82) is 0 Å². The average molecular weight is 279 g/mol. The summed E-state index contributed by atoms with van der Waals surface area (Å²) in [6.45, 7) is 7.11. The molecule has 1 saturated carbocycles. The highest BCUT2D eigenvalue weighted by molar-refractivity contribution is 5.16. The Morgan fingerprint density at radius 3 is 2.60 bits per heavy atom. The van der Waals surface area contributed by atoms with Crippen molar-refractivity contribution < 1.29 is 9.13 Å². The number of hydrogen-bond acceptors (Lipinski definition) is 2. The molecular formula is C17H26FNO. The van der Waals surface area contributed by atoms with E-state index in [1.165, 1.54) is 6.07 Å². The third kappa shape index (κ3) is 3.80. The third-order valence-corrected chi connectivity index (χ3v) is 4.48. The lowest BCUT2D eigenvalue weighted by Gasteiger charge is -2.40. The zero-order valence-electron chi connectivity index (χ0n) is 12.7. The molecule has 3 heteroatoms. The van der Waals surface area contributed by atoms with Gasteiger partial charge < -0.3 is 10.5 Å². The Bertz CT molecular complexity index is 441. The molecule has 1 aliphatic carbocycles. The average Bonchev–Trinajstić information content (AvgIpc) is 2.38. The Morgan fingerprint density at radius 2 is 1.95 bits per heavy atom. The minimum atomic E-state index is -0.204. The van der Waals surface area contributed by atoms with E-state index in [9.17, 15) is 4.39 Å². The second-order valence-electron chi connectivity index (χ2n) is 6.98. The van der Waals surface area contributed by atoms with Crippen LogP contribution in [0.3, 0.4) is 0 Å². The van der Waals surface area contributed by atoms with E-state index in [4.69, 9.17) is 10.5 Å². The topological polar surface area (TPSA) is 35.2 Å². The van der Waals surface area contributed by atoms with E-state index in [1.807, 2.05) is 6.07 Å². The molecule has 2 N–H and O–H groups in total. The van der Waals surface area contributed by atoms with Gasteiger partial charge in [0.15, 0.2) is 0 Å². The zero-order valence-corrected chi connectivity index (χ0v) is 12.7. The molecule has 2 nitrogen and oxygen atoms in total. The first-order chi connectivity index (χ1) is 9.38. The van der Waals surface area contributed by atoms with Crippen LogP contribution in [0, 0.1) is 17.2 Å². The summed E-state index contributed by atoms with van der Waals surface area (Å²) < 4.78 is 19.5. The molecule has 1 aliphatic rings. The minimum absolute atomic E-state index is 0.0348. The lowest BCUT2D eigenvalue weighted by molar-refractivity contribution is -0.0286. The maximum absolute atomic E-state index is 13.6. The summed E-state index contributed by atoms with van der Waals surface area (Å²) in [5.74, 6) is 0.414. The molecule has 0 amide bonds. The predicted molar refractivity (Wildman–Crippen MR) is 79.7 cm³/mol. The highest BCUT2D eigenvalue weighted by Gasteiger charge is 2.34. The molecular weight excluding hydrogens is 253 g/mol. The van der Waals surface area contributed by atoms with Crippen molar-refractivity contribution in [2.24, 2.45) is 17.1 Å². The number of rotatable bonds is 3. The lowest BCUT2D eigenvalue weighted by atomic mass is 9.70. The number of benzene rings is 1. The number of ether oxygens (including phenoxy) is 1. The summed E-state index contributed by atoms with van der Waals surface area (Å²) in [6.07, 6.45) is 3.15. The summed E-state index contributed by atoms with van der Waals surface area (Å²) in [7, 11) is 0. The van der Waals surface area contributed by atoms with Crippen LogP contribution in [-0.4, -0.2) is 12.1 Å². The standard InChI is InChI=1S/C17H26FNO/c1-17(2,3)13-8-9-15(19)16(10-13)20-11-12-6-4-5-7-14(12)18/h4-7,13,15-16H,8-11,19H2,1-3H3. The van der Waals surface area contributed by atoms with Gasteiger partial charge >= 0.3 is 0 Å². The Morgan fingerprint density at radius 1 is 1.25 bits per heavy atom. The first kappa shape index (κ1) is 15.5. The summed E-state index contributed by atoms with van der Waals surface area (Å²) in [4.78, 5) is 0. The summed E-state index contributed by atoms with van der Waals surface area (Å²) in [5.41, 5.74) is 7.05. The van der Waals surface area contributed by atoms with Crippen LogP contribution in [0.2, 0.25) is 0 Å². The van der Waals surface area contributed by atoms with Crippen LogP contribution in [0.4, 0.5) is 4.39 Å². The van der Waals surface area contributed by atoms with E-state index in [2.05, 4.69) is 20.8 Å². The van der Waals surface area contributed by atoms with Gasteiger partial charge in [0.2, 0.25) is 0 Å². The van der Waals surface area contributed by atoms with Crippen LogP contribution in [0.1, 0.15) is 45.6 Å². The summed E-state index contributed by atoms with van der Waals surface area (Å²) in [5, 5.41) is 0. The largest absolute Gasteiger partial charge is 0.372 e. The molecule has 0 spiro atoms. The highest BCUT2D eigenvalue weighted by atomic mass is 19.1. The SMILES string of the molecule is CC(C)(C)C1CCC(N)C(OCc2ccccc2F)C1. The molecule has 0 radical (unpaired) electrons. The number of nitrogens with two attached hydrogens (primary N) is 1. The molecule has 0 aliphatic heterocycles. The van der Waals surface area contributed by atoms with Crippen molar-refractivity contribution in [2.45, 2.75) is 58.8 Å². The lowest BCUT2D eigenvalue weighted by Crippen LogP contribution is -2.44. The van der Waals surface area contributed by atoms with Crippen molar-refractivity contribution in [3.8, 4) is 0 Å². The van der Waals surface area contributed by atoms with Gasteiger partial charge in [-0.3, -0.25) is 0 Å². The van der Waals surface area contributed by atoms with Crippen molar-refractivity contribution in [1.82, 2.24) is 0 Å². The first-order valence-corrected chi connectivity index (χ1v) is 7.48. The van der Waals surface area contributed by atoms with Crippen molar-refractivity contribution in [3.05, 3.63) is 35.6 Å². The summed E-state index contributed by atoms with van der Waals surface area (Å²) >= 11 is 0. The number of halogens is 1. The fraction of sp³-hybridized carbons (Fsp3) is 0.647. The van der Waals surface area contributed by atoms with E-state index in [0.717, 1.165) is 19.3 Å². The van der Waals surface area contributed by atoms with Crippen LogP contribution < -0.4 is 5.73 Å². The molecule has 20 heavy (non-hydrogen) atoms. The molecule has 0 saturated heterocycles. The molecule has 1 aromatic rings. The Hall–Kier alpha value is -0.930. The van der Waals surface area contributed by atoms with Crippen LogP contribution in [0.25, 0.3) is 0 Å². The van der Waals surface area contributed by atoms with Crippen LogP contribution in [-0.2, 0) is 11.3 Å². The Balaban J connectivity index is 1.95. The second-order valence-corrected chi connectivity index (χ2v) is 6.98. The highest BCUT2D eigenvalue weighted by Crippen LogP contribution is 2.38. The maximum Gasteiger partial charge on any atom is 0.128 e. The molecule has 0 aromatic heterocycles. The molecule has 3 atom stereocenters. The fourth-order valence-corrected chi connectivity index (χ4v) is 2.94. The minimum Gasteiger partial charge on any atom is -0.372 e. The van der Waals surface area contributed by atoms with Gasteiger partial charge in [0.1, 0.15) is 5.82 Å². The van der Waals surface area contributed by atoms with Crippen LogP contribution in [0.5, 0.6) is 0 Å². The van der Waals surface area contributed by atoms with Gasteiger partial charge in [-0.15, -0.1) is 0 Å². The van der Waals surface area contributed by atoms with E-state index in [-0.39, 0.29) is 23.4 Å². The van der Waals surface area contributed by atoms with Gasteiger partial charge in [-0.2, -0.15) is 0 Å². The van der Waals surface area contributed by atoms with Gasteiger partial charge in [-0.05, 0) is 36.7 Å². The van der Waals surface area contributed by atoms with Crippen molar-refractivity contribution >= 4 is 0 Å². The van der Waals surface area contributed by atoms with Gasteiger partial charge in [-0.25, -0.2) is 4.39 Å². The molecule has 0 bridgehead atoms. The van der Waals surface area contributed by atoms with Gasteiger partial charge in [0, 0.05) is 11.6 Å². The van der Waals surface area contributed by atoms with Gasteiger partial charge in [0.05, 0.1) is 12.7 Å². The predicted octanol–water partition coefficient (Wildman–Crippen LogP) is 3.88. The maximum atomic E-state index is 13.6. The van der Waals surface area contributed by atoms with Gasteiger partial charge in [0.25, 0.3) is 0 Å². The van der Waals surface area contributed by atoms with Crippen LogP contribution in [0.15, 0.2) is 24.3 Å². The Kier molecular flexibility index (Phi) is 4.82. The smallest absolute Gasteiger partial charge is 0.128 e. The van der Waals surface area contributed by atoms with Crippen molar-refractivity contribution in [3.63, 3.8) is 0 Å². The molecule has 0 heterocycles. The Labute approximate surface area is 121 Å². The quantitative estimate of drug-likeness (QED) is 0.911. The van der Waals surface area contributed by atoms with Crippen molar-refractivity contribution in [2.75, 3.05) is 0 Å². The summed E-state index contributed by atoms with van der Waals surface area (Å²) in [6, 6.07) is 6.84. The molecule has 2 rings (SSSR count). The van der Waals surface area contributed by atoms with Gasteiger partial charge in [-0.1, -0.05) is 39.0 Å². The normalized spacial score (nSPS) is 27.6. The monoisotopic (exact) mass is 279 g/mol.